The molecule has 1 atom stereocenters. The van der Waals surface area contributed by atoms with Gasteiger partial charge in [0, 0.05) is 11.7 Å². The van der Waals surface area contributed by atoms with E-state index in [1.54, 1.807) is 18.2 Å². The lowest BCUT2D eigenvalue weighted by molar-refractivity contribution is 0.265. The molecule has 82 valence electrons. The van der Waals surface area contributed by atoms with E-state index < -0.39 is 0 Å². The molecule has 0 aromatic heterocycles. The van der Waals surface area contributed by atoms with E-state index in [9.17, 15) is 0 Å². The Balaban J connectivity index is 0.00000196. The quantitative estimate of drug-likeness (QED) is 0.653. The molecule has 1 rings (SSSR count). The van der Waals surface area contributed by atoms with Gasteiger partial charge in [0.15, 0.2) is 0 Å². The van der Waals surface area contributed by atoms with Crippen molar-refractivity contribution in [3.63, 3.8) is 0 Å². The van der Waals surface area contributed by atoms with Gasteiger partial charge in [0.1, 0.15) is 6.07 Å². The summed E-state index contributed by atoms with van der Waals surface area (Å²) in [5.74, 6) is 0. The second-order valence-electron chi connectivity index (χ2n) is 3.18. The predicted octanol–water partition coefficient (Wildman–Crippen LogP) is 0.424. The molecule has 0 aliphatic heterocycles. The molecule has 0 saturated carbocycles. The molecule has 0 radical (unpaired) electrons. The number of halogens is 1. The van der Waals surface area contributed by atoms with Gasteiger partial charge in [-0.1, -0.05) is 6.07 Å². The van der Waals surface area contributed by atoms with Crippen molar-refractivity contribution >= 4 is 18.1 Å². The Morgan fingerprint density at radius 2 is 2.13 bits per heavy atom. The third kappa shape index (κ3) is 3.76. The second kappa shape index (κ2) is 6.25. The first kappa shape index (κ1) is 13.7. The summed E-state index contributed by atoms with van der Waals surface area (Å²) in [5, 5.41) is 17.4. The molecule has 0 saturated heterocycles. The highest BCUT2D eigenvalue weighted by atomic mass is 35.5. The average Bonchev–Trinajstić information content (AvgIpc) is 2.18. The number of nitriles is 1. The summed E-state index contributed by atoms with van der Waals surface area (Å²) in [7, 11) is 0. The lowest BCUT2D eigenvalue weighted by Gasteiger charge is -2.08. The third-order valence-electron chi connectivity index (χ3n) is 1.97. The Morgan fingerprint density at radius 1 is 1.47 bits per heavy atom. The number of aliphatic hydroxyl groups is 1. The summed E-state index contributed by atoms with van der Waals surface area (Å²) in [4.78, 5) is 0. The van der Waals surface area contributed by atoms with Crippen molar-refractivity contribution in [2.75, 3.05) is 12.3 Å². The van der Waals surface area contributed by atoms with Crippen LogP contribution in [0.5, 0.6) is 0 Å². The van der Waals surface area contributed by atoms with Crippen LogP contribution in [0.25, 0.3) is 0 Å². The molecular weight excluding hydrogens is 214 g/mol. The third-order valence-corrected chi connectivity index (χ3v) is 1.97. The van der Waals surface area contributed by atoms with Crippen LogP contribution < -0.4 is 11.5 Å². The number of nitrogens with zero attached hydrogens (tertiary/aromatic N) is 1. The van der Waals surface area contributed by atoms with Gasteiger partial charge in [-0.25, -0.2) is 0 Å². The number of nitrogens with two attached hydrogens (primary N) is 2. The van der Waals surface area contributed by atoms with Crippen LogP contribution in [0.15, 0.2) is 18.2 Å². The highest BCUT2D eigenvalue weighted by Crippen LogP contribution is 2.14. The Labute approximate surface area is 94.9 Å². The summed E-state index contributed by atoms with van der Waals surface area (Å²) in [6.07, 6.45) is 0.562. The largest absolute Gasteiger partial charge is 0.398 e. The maximum atomic E-state index is 8.76. The van der Waals surface area contributed by atoms with Crippen LogP contribution in [-0.4, -0.2) is 17.8 Å². The maximum Gasteiger partial charge on any atom is 0.101 e. The van der Waals surface area contributed by atoms with Crippen LogP contribution in [0.4, 0.5) is 5.69 Å². The number of hydrogen-bond acceptors (Lipinski definition) is 4. The van der Waals surface area contributed by atoms with Gasteiger partial charge in [0.25, 0.3) is 0 Å². The van der Waals surface area contributed by atoms with Gasteiger partial charge in [-0.15, -0.1) is 12.4 Å². The van der Waals surface area contributed by atoms with Crippen molar-refractivity contribution in [1.29, 1.82) is 5.26 Å². The molecular formula is C10H14ClN3O. The molecule has 15 heavy (non-hydrogen) atoms. The first-order chi connectivity index (χ1) is 6.67. The molecule has 1 aromatic rings. The Kier molecular flexibility index (Phi) is 5.72. The van der Waals surface area contributed by atoms with Gasteiger partial charge < -0.3 is 16.6 Å². The maximum absolute atomic E-state index is 8.76. The zero-order valence-electron chi connectivity index (χ0n) is 8.18. The molecule has 4 nitrogen and oxygen atoms in total. The summed E-state index contributed by atoms with van der Waals surface area (Å²) >= 11 is 0. The van der Waals surface area contributed by atoms with E-state index >= 15 is 0 Å². The van der Waals surface area contributed by atoms with Gasteiger partial charge in [-0.2, -0.15) is 5.26 Å². The van der Waals surface area contributed by atoms with Crippen LogP contribution in [-0.2, 0) is 6.42 Å². The highest BCUT2D eigenvalue weighted by Gasteiger charge is 2.04. The number of anilines is 1. The van der Waals surface area contributed by atoms with Crippen LogP contribution in [0.2, 0.25) is 0 Å². The number of benzene rings is 1. The van der Waals surface area contributed by atoms with Crippen molar-refractivity contribution in [1.82, 2.24) is 0 Å². The van der Waals surface area contributed by atoms with Crippen LogP contribution in [0, 0.1) is 11.3 Å². The van der Waals surface area contributed by atoms with E-state index in [0.717, 1.165) is 5.56 Å². The summed E-state index contributed by atoms with van der Waals surface area (Å²) < 4.78 is 0. The molecule has 0 fully saturated rings. The minimum absolute atomic E-state index is 0. The lowest BCUT2D eigenvalue weighted by Crippen LogP contribution is -2.26. The number of hydrogen-bond donors (Lipinski definition) is 3. The fourth-order valence-electron chi connectivity index (χ4n) is 1.21. The molecule has 1 unspecified atom stereocenters. The van der Waals surface area contributed by atoms with Crippen LogP contribution >= 0.6 is 12.4 Å². The zero-order valence-corrected chi connectivity index (χ0v) is 9.00. The Morgan fingerprint density at radius 3 is 2.60 bits per heavy atom. The van der Waals surface area contributed by atoms with E-state index in [2.05, 4.69) is 0 Å². The first-order valence-electron chi connectivity index (χ1n) is 4.32. The molecule has 0 aliphatic carbocycles. The average molecular weight is 228 g/mol. The Bertz CT molecular complexity index is 362. The highest BCUT2D eigenvalue weighted by molar-refractivity contribution is 5.85. The van der Waals surface area contributed by atoms with E-state index in [-0.39, 0.29) is 25.1 Å². The van der Waals surface area contributed by atoms with Gasteiger partial charge in [-0.05, 0) is 24.1 Å². The van der Waals surface area contributed by atoms with Gasteiger partial charge in [0.05, 0.1) is 12.2 Å². The molecule has 0 amide bonds. The fraction of sp³-hybridized carbons (Fsp3) is 0.300. The first-order valence-corrected chi connectivity index (χ1v) is 4.32. The molecule has 0 aliphatic rings. The second-order valence-corrected chi connectivity index (χ2v) is 3.18. The van der Waals surface area contributed by atoms with E-state index in [0.29, 0.717) is 17.7 Å². The normalized spacial score (nSPS) is 11.3. The molecule has 0 bridgehead atoms. The van der Waals surface area contributed by atoms with Crippen LogP contribution in [0.3, 0.4) is 0 Å². The van der Waals surface area contributed by atoms with E-state index in [1.165, 1.54) is 0 Å². The van der Waals surface area contributed by atoms with Crippen molar-refractivity contribution in [3.05, 3.63) is 29.3 Å². The Hall–Kier alpha value is -1.28. The van der Waals surface area contributed by atoms with Gasteiger partial charge in [-0.3, -0.25) is 0 Å². The summed E-state index contributed by atoms with van der Waals surface area (Å²) in [6.45, 7) is -0.0556. The monoisotopic (exact) mass is 227 g/mol. The number of aliphatic hydroxyl groups excluding tert-OH is 1. The predicted molar refractivity (Wildman–Crippen MR) is 61.6 cm³/mol. The zero-order chi connectivity index (χ0) is 10.6. The number of rotatable bonds is 3. The fourth-order valence-corrected chi connectivity index (χ4v) is 1.21. The van der Waals surface area contributed by atoms with Crippen molar-refractivity contribution in [2.45, 2.75) is 12.5 Å². The van der Waals surface area contributed by atoms with Gasteiger partial charge >= 0.3 is 0 Å². The molecule has 0 heterocycles. The summed E-state index contributed by atoms with van der Waals surface area (Å²) in [6, 6.07) is 6.88. The number of nitrogen functional groups attached to an aromatic ring is 1. The van der Waals surface area contributed by atoms with Crippen molar-refractivity contribution < 1.29 is 5.11 Å². The minimum Gasteiger partial charge on any atom is -0.398 e. The smallest absolute Gasteiger partial charge is 0.101 e. The molecule has 0 spiro atoms. The minimum atomic E-state index is -0.276. The summed E-state index contributed by atoms with van der Waals surface area (Å²) in [5.41, 5.74) is 13.0. The topological polar surface area (TPSA) is 96.1 Å². The van der Waals surface area contributed by atoms with Gasteiger partial charge in [0.2, 0.25) is 0 Å². The van der Waals surface area contributed by atoms with Crippen LogP contribution in [0.1, 0.15) is 11.1 Å². The van der Waals surface area contributed by atoms with E-state index in [1.807, 2.05) is 6.07 Å². The molecule has 5 N–H and O–H groups in total. The van der Waals surface area contributed by atoms with Crippen molar-refractivity contribution in [3.8, 4) is 6.07 Å². The molecule has 1 aromatic carbocycles. The standard InChI is InChI=1S/C10H13N3O.ClH/c11-5-8-2-1-7(4-10(8)13)3-9(12)6-14;/h1-2,4,9,14H,3,6,12-13H2;1H. The van der Waals surface area contributed by atoms with Crippen molar-refractivity contribution in [2.24, 2.45) is 5.73 Å². The lowest BCUT2D eigenvalue weighted by atomic mass is 10.0. The molecule has 5 heteroatoms. The SMILES string of the molecule is Cl.N#Cc1ccc(CC(N)CO)cc1N. The van der Waals surface area contributed by atoms with E-state index in [4.69, 9.17) is 21.8 Å².